The van der Waals surface area contributed by atoms with Gasteiger partial charge in [-0.25, -0.2) is 0 Å². The van der Waals surface area contributed by atoms with Gasteiger partial charge in [-0.2, -0.15) is 0 Å². The second kappa shape index (κ2) is 9.44. The van der Waals surface area contributed by atoms with Crippen molar-refractivity contribution in [2.24, 2.45) is 0 Å². The van der Waals surface area contributed by atoms with E-state index in [1.807, 2.05) is 0 Å². The van der Waals surface area contributed by atoms with Crippen molar-refractivity contribution in [3.8, 4) is 0 Å². The Labute approximate surface area is 118 Å². The molecule has 0 aliphatic carbocycles. The highest BCUT2D eigenvalue weighted by molar-refractivity contribution is 6.18. The minimum atomic E-state index is 0.540. The van der Waals surface area contributed by atoms with Crippen molar-refractivity contribution in [3.05, 3.63) is 35.4 Å². The predicted molar refractivity (Wildman–Crippen MR) is 82.6 cm³/mol. The van der Waals surface area contributed by atoms with E-state index in [1.54, 1.807) is 0 Å². The molecular formula is C17H27Cl. The Bertz CT molecular complexity index is 302. The predicted octanol–water partition coefficient (Wildman–Crippen LogP) is 6.07. The van der Waals surface area contributed by atoms with Crippen LogP contribution in [0, 0.1) is 6.92 Å². The van der Waals surface area contributed by atoms with Crippen LogP contribution in [0.4, 0.5) is 0 Å². The summed E-state index contributed by atoms with van der Waals surface area (Å²) in [6.45, 7) is 4.40. The number of benzene rings is 1. The molecule has 0 radical (unpaired) electrons. The first-order valence-electron chi connectivity index (χ1n) is 7.40. The Morgan fingerprint density at radius 2 is 1.56 bits per heavy atom. The first-order chi connectivity index (χ1) is 8.77. The van der Waals surface area contributed by atoms with Gasteiger partial charge in [0, 0.05) is 5.88 Å². The van der Waals surface area contributed by atoms with E-state index >= 15 is 0 Å². The van der Waals surface area contributed by atoms with Crippen LogP contribution in [0.2, 0.25) is 0 Å². The summed E-state index contributed by atoms with van der Waals surface area (Å²) in [5.41, 5.74) is 2.73. The van der Waals surface area contributed by atoms with E-state index in [0.717, 1.165) is 5.88 Å². The third-order valence-electron chi connectivity index (χ3n) is 3.64. The number of unbranched alkanes of at least 4 members (excludes halogenated alkanes) is 5. The lowest BCUT2D eigenvalue weighted by Gasteiger charge is -2.14. The highest BCUT2D eigenvalue weighted by atomic mass is 35.5. The number of halogens is 1. The van der Waals surface area contributed by atoms with E-state index in [2.05, 4.69) is 38.1 Å². The zero-order valence-electron chi connectivity index (χ0n) is 11.9. The summed E-state index contributed by atoms with van der Waals surface area (Å²) in [5, 5.41) is 0. The summed E-state index contributed by atoms with van der Waals surface area (Å²) in [5.74, 6) is 1.29. The van der Waals surface area contributed by atoms with Crippen molar-refractivity contribution in [1.29, 1.82) is 0 Å². The topological polar surface area (TPSA) is 0 Å². The maximum atomic E-state index is 6.10. The monoisotopic (exact) mass is 266 g/mol. The van der Waals surface area contributed by atoms with Crippen molar-refractivity contribution in [3.63, 3.8) is 0 Å². The lowest BCUT2D eigenvalue weighted by molar-refractivity contribution is 0.559. The third kappa shape index (κ3) is 5.91. The maximum Gasteiger partial charge on any atom is 0.0292 e. The molecule has 0 fully saturated rings. The van der Waals surface area contributed by atoms with E-state index in [4.69, 9.17) is 11.6 Å². The van der Waals surface area contributed by atoms with Gasteiger partial charge in [0.05, 0.1) is 0 Å². The van der Waals surface area contributed by atoms with Gasteiger partial charge in [0.25, 0.3) is 0 Å². The van der Waals surface area contributed by atoms with Crippen LogP contribution in [-0.2, 0) is 0 Å². The average molecular weight is 267 g/mol. The van der Waals surface area contributed by atoms with Crippen LogP contribution in [0.15, 0.2) is 24.3 Å². The number of alkyl halides is 1. The molecule has 18 heavy (non-hydrogen) atoms. The van der Waals surface area contributed by atoms with Gasteiger partial charge in [0.15, 0.2) is 0 Å². The Kier molecular flexibility index (Phi) is 8.17. The molecule has 0 saturated carbocycles. The zero-order chi connectivity index (χ0) is 13.2. The molecule has 1 atom stereocenters. The maximum absolute atomic E-state index is 6.10. The zero-order valence-corrected chi connectivity index (χ0v) is 12.7. The number of hydrogen-bond donors (Lipinski definition) is 0. The fourth-order valence-corrected chi connectivity index (χ4v) is 2.68. The Morgan fingerprint density at radius 1 is 0.944 bits per heavy atom. The van der Waals surface area contributed by atoms with Crippen LogP contribution in [0.3, 0.4) is 0 Å². The van der Waals surface area contributed by atoms with E-state index in [1.165, 1.54) is 56.1 Å². The van der Waals surface area contributed by atoms with Gasteiger partial charge in [-0.05, 0) is 24.8 Å². The molecular weight excluding hydrogens is 240 g/mol. The molecule has 0 spiro atoms. The standard InChI is InChI=1S/C17H27Cl/c1-3-4-5-6-7-8-9-17(14-18)16-12-10-15(2)11-13-16/h10-13,17H,3-9,14H2,1-2H3. The minimum Gasteiger partial charge on any atom is -0.126 e. The van der Waals surface area contributed by atoms with E-state index in [9.17, 15) is 0 Å². The van der Waals surface area contributed by atoms with E-state index in [0.29, 0.717) is 5.92 Å². The number of rotatable bonds is 9. The number of aryl methyl sites for hydroxylation is 1. The third-order valence-corrected chi connectivity index (χ3v) is 4.01. The molecule has 102 valence electrons. The lowest BCUT2D eigenvalue weighted by atomic mass is 9.94. The molecule has 1 unspecified atom stereocenters. The highest BCUT2D eigenvalue weighted by Gasteiger charge is 2.09. The molecule has 0 bridgehead atoms. The van der Waals surface area contributed by atoms with Crippen molar-refractivity contribution < 1.29 is 0 Å². The second-order valence-electron chi connectivity index (χ2n) is 5.32. The van der Waals surface area contributed by atoms with Crippen LogP contribution in [0.25, 0.3) is 0 Å². The average Bonchev–Trinajstić information content (AvgIpc) is 2.39. The van der Waals surface area contributed by atoms with Crippen LogP contribution in [-0.4, -0.2) is 5.88 Å². The van der Waals surface area contributed by atoms with Gasteiger partial charge >= 0.3 is 0 Å². The normalized spacial score (nSPS) is 12.6. The summed E-state index contributed by atoms with van der Waals surface area (Å²) in [6.07, 6.45) is 9.40. The molecule has 0 aromatic heterocycles. The largest absolute Gasteiger partial charge is 0.126 e. The van der Waals surface area contributed by atoms with Crippen LogP contribution < -0.4 is 0 Å². The lowest BCUT2D eigenvalue weighted by Crippen LogP contribution is -2.00. The van der Waals surface area contributed by atoms with Crippen LogP contribution >= 0.6 is 11.6 Å². The summed E-state index contributed by atoms with van der Waals surface area (Å²) >= 11 is 6.10. The Hall–Kier alpha value is -0.490. The SMILES string of the molecule is CCCCCCCCC(CCl)c1ccc(C)cc1. The van der Waals surface area contributed by atoms with E-state index < -0.39 is 0 Å². The fraction of sp³-hybridized carbons (Fsp3) is 0.647. The summed E-state index contributed by atoms with van der Waals surface area (Å²) in [7, 11) is 0. The Morgan fingerprint density at radius 3 is 2.17 bits per heavy atom. The van der Waals surface area contributed by atoms with Gasteiger partial charge in [0.1, 0.15) is 0 Å². The van der Waals surface area contributed by atoms with Crippen molar-refractivity contribution in [2.75, 3.05) is 5.88 Å². The molecule has 1 rings (SSSR count). The molecule has 0 N–H and O–H groups in total. The van der Waals surface area contributed by atoms with Gasteiger partial charge in [-0.15, -0.1) is 11.6 Å². The summed E-state index contributed by atoms with van der Waals surface area (Å²) in [6, 6.07) is 8.85. The molecule has 0 aliphatic rings. The quantitative estimate of drug-likeness (QED) is 0.376. The smallest absolute Gasteiger partial charge is 0.0292 e. The number of hydrogen-bond acceptors (Lipinski definition) is 0. The summed E-state index contributed by atoms with van der Waals surface area (Å²) < 4.78 is 0. The molecule has 0 aliphatic heterocycles. The van der Waals surface area contributed by atoms with Crippen molar-refractivity contribution in [1.82, 2.24) is 0 Å². The van der Waals surface area contributed by atoms with Gasteiger partial charge in [0.2, 0.25) is 0 Å². The highest BCUT2D eigenvalue weighted by Crippen LogP contribution is 2.24. The molecule has 1 aromatic rings. The van der Waals surface area contributed by atoms with Crippen LogP contribution in [0.1, 0.15) is 68.9 Å². The first kappa shape index (κ1) is 15.6. The Balaban J connectivity index is 2.27. The van der Waals surface area contributed by atoms with Crippen molar-refractivity contribution in [2.45, 2.75) is 64.7 Å². The molecule has 0 heterocycles. The van der Waals surface area contributed by atoms with Gasteiger partial charge < -0.3 is 0 Å². The molecule has 1 heteroatoms. The van der Waals surface area contributed by atoms with E-state index in [-0.39, 0.29) is 0 Å². The van der Waals surface area contributed by atoms with Crippen LogP contribution in [0.5, 0.6) is 0 Å². The minimum absolute atomic E-state index is 0.540. The molecule has 1 aromatic carbocycles. The molecule has 0 saturated heterocycles. The fourth-order valence-electron chi connectivity index (χ4n) is 2.34. The van der Waals surface area contributed by atoms with Gasteiger partial charge in [-0.1, -0.05) is 75.3 Å². The van der Waals surface area contributed by atoms with Gasteiger partial charge in [-0.3, -0.25) is 0 Å². The summed E-state index contributed by atoms with van der Waals surface area (Å²) in [4.78, 5) is 0. The molecule has 0 amide bonds. The molecule has 0 nitrogen and oxygen atoms in total. The second-order valence-corrected chi connectivity index (χ2v) is 5.63. The van der Waals surface area contributed by atoms with Crippen molar-refractivity contribution >= 4 is 11.6 Å². The first-order valence-corrected chi connectivity index (χ1v) is 7.94.